The van der Waals surface area contributed by atoms with Gasteiger partial charge in [0.2, 0.25) is 0 Å². The number of pyridine rings is 1. The van der Waals surface area contributed by atoms with Crippen LogP contribution in [0.2, 0.25) is 0 Å². The van der Waals surface area contributed by atoms with Gasteiger partial charge in [-0.1, -0.05) is 0 Å². The van der Waals surface area contributed by atoms with E-state index in [2.05, 4.69) is 10.1 Å². The van der Waals surface area contributed by atoms with E-state index in [1.807, 2.05) is 6.20 Å². The van der Waals surface area contributed by atoms with Crippen molar-refractivity contribution in [3.05, 3.63) is 36.3 Å². The molecule has 0 atom stereocenters. The van der Waals surface area contributed by atoms with Crippen molar-refractivity contribution in [2.24, 2.45) is 5.73 Å². The van der Waals surface area contributed by atoms with E-state index in [9.17, 15) is 0 Å². The fraction of sp³-hybridized carbons (Fsp3) is 0.111. The molecule has 5 heteroatoms. The van der Waals surface area contributed by atoms with Gasteiger partial charge in [0.1, 0.15) is 0 Å². The molecule has 0 amide bonds. The first-order chi connectivity index (χ1) is 6.79. The molecule has 4 N–H and O–H groups in total. The first-order valence-electron chi connectivity index (χ1n) is 4.25. The molecule has 0 fully saturated rings. The molecule has 2 rings (SSSR count). The third-order valence-corrected chi connectivity index (χ3v) is 1.88. The Morgan fingerprint density at radius 3 is 2.93 bits per heavy atom. The molecule has 0 saturated carbocycles. The third kappa shape index (κ3) is 1.57. The highest BCUT2D eigenvalue weighted by Gasteiger charge is 2.00. The Hall–Kier alpha value is -1.88. The van der Waals surface area contributed by atoms with E-state index in [-0.39, 0.29) is 0 Å². The van der Waals surface area contributed by atoms with Gasteiger partial charge in [-0.3, -0.25) is 0 Å². The predicted octanol–water partition coefficient (Wildman–Crippen LogP) is 0.308. The highest BCUT2D eigenvalue weighted by atomic mass is 15.3. The fourth-order valence-corrected chi connectivity index (χ4v) is 1.15. The van der Waals surface area contributed by atoms with Gasteiger partial charge in [-0.05, 0) is 6.07 Å². The van der Waals surface area contributed by atoms with Crippen LogP contribution in [-0.4, -0.2) is 14.8 Å². The number of anilines is 1. The lowest BCUT2D eigenvalue weighted by Gasteiger charge is -1.99. The third-order valence-electron chi connectivity index (χ3n) is 1.88. The minimum Gasteiger partial charge on any atom is -0.399 e. The van der Waals surface area contributed by atoms with Gasteiger partial charge in [-0.15, -0.1) is 0 Å². The van der Waals surface area contributed by atoms with E-state index in [4.69, 9.17) is 11.5 Å². The SMILES string of the molecule is NCc1cnn(-c2cc(N)ccn2)c1. The molecule has 72 valence electrons. The molecule has 14 heavy (non-hydrogen) atoms. The highest BCUT2D eigenvalue weighted by Crippen LogP contribution is 2.08. The van der Waals surface area contributed by atoms with Gasteiger partial charge in [0, 0.05) is 36.3 Å². The highest BCUT2D eigenvalue weighted by molar-refractivity contribution is 5.42. The standard InChI is InChI=1S/C9H11N5/c10-4-7-5-13-14(6-7)9-3-8(11)1-2-12-9/h1-3,5-6H,4,10H2,(H2,11,12). The maximum Gasteiger partial charge on any atom is 0.155 e. The smallest absolute Gasteiger partial charge is 0.155 e. The van der Waals surface area contributed by atoms with Gasteiger partial charge >= 0.3 is 0 Å². The van der Waals surface area contributed by atoms with Crippen molar-refractivity contribution in [1.82, 2.24) is 14.8 Å². The number of hydrogen-bond acceptors (Lipinski definition) is 4. The Kier molecular flexibility index (Phi) is 2.16. The minimum atomic E-state index is 0.475. The second-order valence-electron chi connectivity index (χ2n) is 2.94. The van der Waals surface area contributed by atoms with Crippen LogP contribution in [0.5, 0.6) is 0 Å². The van der Waals surface area contributed by atoms with Crippen LogP contribution in [0, 0.1) is 0 Å². The number of nitrogens with two attached hydrogens (primary N) is 2. The predicted molar refractivity (Wildman–Crippen MR) is 53.7 cm³/mol. The normalized spacial score (nSPS) is 10.4. The second kappa shape index (κ2) is 3.47. The van der Waals surface area contributed by atoms with Crippen molar-refractivity contribution < 1.29 is 0 Å². The lowest BCUT2D eigenvalue weighted by molar-refractivity contribution is 0.846. The lowest BCUT2D eigenvalue weighted by atomic mass is 10.4. The number of nitrogen functional groups attached to an aromatic ring is 1. The lowest BCUT2D eigenvalue weighted by Crippen LogP contribution is -1.99. The summed E-state index contributed by atoms with van der Waals surface area (Å²) in [6.45, 7) is 0.475. The Bertz CT molecular complexity index is 434. The van der Waals surface area contributed by atoms with E-state index in [0.29, 0.717) is 18.1 Å². The molecule has 2 aromatic heterocycles. The first-order valence-corrected chi connectivity index (χ1v) is 4.25. The van der Waals surface area contributed by atoms with Gasteiger partial charge < -0.3 is 11.5 Å². The quantitative estimate of drug-likeness (QED) is 0.712. The summed E-state index contributed by atoms with van der Waals surface area (Å²) in [5.41, 5.74) is 12.7. The zero-order valence-electron chi connectivity index (χ0n) is 7.59. The molecule has 0 aliphatic heterocycles. The Morgan fingerprint density at radius 2 is 2.29 bits per heavy atom. The number of nitrogens with zero attached hydrogens (tertiary/aromatic N) is 3. The van der Waals surface area contributed by atoms with E-state index < -0.39 is 0 Å². The van der Waals surface area contributed by atoms with Crippen molar-refractivity contribution in [2.75, 3.05) is 5.73 Å². The average molecular weight is 189 g/mol. The summed E-state index contributed by atoms with van der Waals surface area (Å²) >= 11 is 0. The molecule has 0 spiro atoms. The van der Waals surface area contributed by atoms with Crippen molar-refractivity contribution >= 4 is 5.69 Å². The minimum absolute atomic E-state index is 0.475. The van der Waals surface area contributed by atoms with Gasteiger partial charge in [-0.25, -0.2) is 9.67 Å². The van der Waals surface area contributed by atoms with Gasteiger partial charge in [0.15, 0.2) is 5.82 Å². The summed E-state index contributed by atoms with van der Waals surface area (Å²) in [4.78, 5) is 4.14. The van der Waals surface area contributed by atoms with E-state index in [1.54, 1.807) is 29.2 Å². The fourth-order valence-electron chi connectivity index (χ4n) is 1.15. The van der Waals surface area contributed by atoms with Gasteiger partial charge in [-0.2, -0.15) is 5.10 Å². The van der Waals surface area contributed by atoms with Gasteiger partial charge in [0.05, 0.1) is 6.20 Å². The van der Waals surface area contributed by atoms with Crippen LogP contribution >= 0.6 is 0 Å². The Balaban J connectivity index is 2.39. The van der Waals surface area contributed by atoms with Crippen LogP contribution < -0.4 is 11.5 Å². The maximum atomic E-state index is 5.63. The van der Waals surface area contributed by atoms with Crippen LogP contribution in [-0.2, 0) is 6.54 Å². The summed E-state index contributed by atoms with van der Waals surface area (Å²) < 4.78 is 1.65. The average Bonchev–Trinajstić information content (AvgIpc) is 2.66. The summed E-state index contributed by atoms with van der Waals surface area (Å²) in [5, 5.41) is 4.12. The molecule has 2 aromatic rings. The molecule has 0 aliphatic rings. The largest absolute Gasteiger partial charge is 0.399 e. The molecule has 2 heterocycles. The van der Waals surface area contributed by atoms with Crippen molar-refractivity contribution in [2.45, 2.75) is 6.54 Å². The molecule has 0 aliphatic carbocycles. The number of hydrogen-bond donors (Lipinski definition) is 2. The van der Waals surface area contributed by atoms with Gasteiger partial charge in [0.25, 0.3) is 0 Å². The molecule has 0 radical (unpaired) electrons. The topological polar surface area (TPSA) is 82.8 Å². The molecular formula is C9H11N5. The molecule has 0 bridgehead atoms. The van der Waals surface area contributed by atoms with Crippen molar-refractivity contribution in [3.8, 4) is 5.82 Å². The Morgan fingerprint density at radius 1 is 1.43 bits per heavy atom. The summed E-state index contributed by atoms with van der Waals surface area (Å²) in [7, 11) is 0. The van der Waals surface area contributed by atoms with Crippen LogP contribution in [0.1, 0.15) is 5.56 Å². The first kappa shape index (κ1) is 8.71. The number of rotatable bonds is 2. The van der Waals surface area contributed by atoms with Crippen molar-refractivity contribution in [1.29, 1.82) is 0 Å². The Labute approximate surface area is 81.4 Å². The van der Waals surface area contributed by atoms with E-state index in [0.717, 1.165) is 5.56 Å². The monoisotopic (exact) mass is 189 g/mol. The summed E-state index contributed by atoms with van der Waals surface area (Å²) in [6, 6.07) is 3.49. The maximum absolute atomic E-state index is 5.63. The zero-order chi connectivity index (χ0) is 9.97. The summed E-state index contributed by atoms with van der Waals surface area (Å²) in [5.74, 6) is 0.699. The molecule has 0 aromatic carbocycles. The van der Waals surface area contributed by atoms with Crippen LogP contribution in [0.15, 0.2) is 30.7 Å². The van der Waals surface area contributed by atoms with Crippen LogP contribution in [0.4, 0.5) is 5.69 Å². The molecule has 5 nitrogen and oxygen atoms in total. The van der Waals surface area contributed by atoms with Crippen LogP contribution in [0.3, 0.4) is 0 Å². The summed E-state index contributed by atoms with van der Waals surface area (Å²) in [6.07, 6.45) is 5.20. The number of aromatic nitrogens is 3. The van der Waals surface area contributed by atoms with Crippen molar-refractivity contribution in [3.63, 3.8) is 0 Å². The second-order valence-corrected chi connectivity index (χ2v) is 2.94. The molecule has 0 saturated heterocycles. The van der Waals surface area contributed by atoms with Crippen LogP contribution in [0.25, 0.3) is 5.82 Å². The van der Waals surface area contributed by atoms with E-state index >= 15 is 0 Å². The molecular weight excluding hydrogens is 178 g/mol. The van der Waals surface area contributed by atoms with E-state index in [1.165, 1.54) is 0 Å². The molecule has 0 unspecified atom stereocenters. The zero-order valence-corrected chi connectivity index (χ0v) is 7.59.